The van der Waals surface area contributed by atoms with Gasteiger partial charge in [0.2, 0.25) is 0 Å². The maximum absolute atomic E-state index is 11.8. The maximum atomic E-state index is 11.8. The van der Waals surface area contributed by atoms with E-state index in [0.717, 1.165) is 21.2 Å². The van der Waals surface area contributed by atoms with Gasteiger partial charge >= 0.3 is 5.97 Å². The van der Waals surface area contributed by atoms with Gasteiger partial charge < -0.3 is 9.66 Å². The summed E-state index contributed by atoms with van der Waals surface area (Å²) in [6.45, 7) is 1.77. The lowest BCUT2D eigenvalue weighted by Gasteiger charge is -2.27. The minimum atomic E-state index is -2.67. The van der Waals surface area contributed by atoms with Crippen molar-refractivity contribution in [1.82, 2.24) is 4.98 Å². The van der Waals surface area contributed by atoms with Gasteiger partial charge in [0, 0.05) is 11.6 Å². The van der Waals surface area contributed by atoms with Crippen LogP contribution in [0.4, 0.5) is 11.4 Å². The molecule has 0 aliphatic carbocycles. The predicted molar refractivity (Wildman–Crippen MR) is 94.6 cm³/mol. The molecule has 0 radical (unpaired) electrons. The summed E-state index contributed by atoms with van der Waals surface area (Å²) < 4.78 is 24.7. The number of thiophene rings is 1. The molecule has 3 aromatic rings. The molecule has 0 saturated carbocycles. The first-order valence-electron chi connectivity index (χ1n) is 6.71. The van der Waals surface area contributed by atoms with Gasteiger partial charge in [0.15, 0.2) is 0 Å². The number of hydrogen-bond acceptors (Lipinski definition) is 6. The number of aromatic nitrogens is 1. The number of hydrogen-bond donors (Lipinski definition) is 1. The van der Waals surface area contributed by atoms with Gasteiger partial charge in [-0.1, -0.05) is 18.2 Å². The van der Waals surface area contributed by atoms with E-state index in [1.54, 1.807) is 48.8 Å². The third-order valence-electron chi connectivity index (χ3n) is 3.25. The van der Waals surface area contributed by atoms with Crippen LogP contribution in [-0.2, 0) is 11.3 Å². The van der Waals surface area contributed by atoms with E-state index >= 15 is 0 Å². The van der Waals surface area contributed by atoms with E-state index in [4.69, 9.17) is 0 Å². The van der Waals surface area contributed by atoms with Crippen molar-refractivity contribution in [3.05, 3.63) is 52.3 Å². The molecule has 124 valence electrons. The van der Waals surface area contributed by atoms with Crippen LogP contribution in [-0.4, -0.2) is 24.8 Å². The van der Waals surface area contributed by atoms with Gasteiger partial charge in [-0.3, -0.25) is 8.51 Å². The largest absolute Gasteiger partial charge is 0.755 e. The number of carboxylic acid groups (broad SMARTS) is 1. The molecule has 0 bridgehead atoms. The van der Waals surface area contributed by atoms with E-state index in [9.17, 15) is 18.7 Å². The number of rotatable bonds is 5. The molecule has 24 heavy (non-hydrogen) atoms. The SMILES string of the molecule is Cc1ccccc1N(c1cc(-c2nccs2)sc1C(=O)O)S(=O)[O-]. The van der Waals surface area contributed by atoms with Crippen LogP contribution in [0.3, 0.4) is 0 Å². The molecule has 6 nitrogen and oxygen atoms in total. The van der Waals surface area contributed by atoms with Crippen LogP contribution in [0.5, 0.6) is 0 Å². The van der Waals surface area contributed by atoms with E-state index in [1.165, 1.54) is 11.3 Å². The van der Waals surface area contributed by atoms with Gasteiger partial charge in [-0.2, -0.15) is 0 Å². The highest BCUT2D eigenvalue weighted by atomic mass is 32.2. The normalized spacial score (nSPS) is 12.1. The zero-order valence-corrected chi connectivity index (χ0v) is 14.8. The fraction of sp³-hybridized carbons (Fsp3) is 0.0667. The first-order valence-corrected chi connectivity index (χ1v) is 9.44. The Hall–Kier alpha value is -2.07. The van der Waals surface area contributed by atoms with E-state index in [2.05, 4.69) is 4.98 Å². The molecule has 1 unspecified atom stereocenters. The zero-order valence-electron chi connectivity index (χ0n) is 12.3. The zero-order chi connectivity index (χ0) is 17.3. The lowest BCUT2D eigenvalue weighted by atomic mass is 10.2. The molecule has 2 heterocycles. The summed E-state index contributed by atoms with van der Waals surface area (Å²) in [4.78, 5) is 16.3. The summed E-state index contributed by atoms with van der Waals surface area (Å²) in [6.07, 6.45) is 1.62. The summed E-state index contributed by atoms with van der Waals surface area (Å²) in [7, 11) is 0. The van der Waals surface area contributed by atoms with Gasteiger partial charge in [-0.05, 0) is 24.6 Å². The molecule has 0 aliphatic heterocycles. The monoisotopic (exact) mass is 379 g/mol. The number of carboxylic acids is 1. The van der Waals surface area contributed by atoms with Crippen molar-refractivity contribution in [3.8, 4) is 9.88 Å². The number of nitrogens with zero attached hydrogens (tertiary/aromatic N) is 2. The van der Waals surface area contributed by atoms with Crippen molar-refractivity contribution in [3.63, 3.8) is 0 Å². The summed E-state index contributed by atoms with van der Waals surface area (Å²) >= 11 is -0.299. The van der Waals surface area contributed by atoms with Crippen LogP contribution < -0.4 is 4.31 Å². The Balaban J connectivity index is 2.20. The van der Waals surface area contributed by atoms with E-state index in [1.807, 2.05) is 0 Å². The Kier molecular flexibility index (Phi) is 4.76. The van der Waals surface area contributed by atoms with Crippen molar-refractivity contribution in [2.24, 2.45) is 0 Å². The van der Waals surface area contributed by atoms with Crippen molar-refractivity contribution in [2.45, 2.75) is 6.92 Å². The topological polar surface area (TPSA) is 93.6 Å². The van der Waals surface area contributed by atoms with Crippen LogP contribution in [0.1, 0.15) is 15.2 Å². The van der Waals surface area contributed by atoms with Gasteiger partial charge in [-0.25, -0.2) is 9.78 Å². The quantitative estimate of drug-likeness (QED) is 0.680. The minimum Gasteiger partial charge on any atom is -0.755 e. The molecule has 0 aliphatic rings. The molecular weight excluding hydrogens is 368 g/mol. The average Bonchev–Trinajstić information content (AvgIpc) is 3.18. The maximum Gasteiger partial charge on any atom is 0.348 e. The predicted octanol–water partition coefficient (Wildman–Crippen LogP) is 3.81. The van der Waals surface area contributed by atoms with Gasteiger partial charge in [-0.15, -0.1) is 22.7 Å². The fourth-order valence-electron chi connectivity index (χ4n) is 2.22. The number of aryl methyl sites for hydroxylation is 1. The number of para-hydroxylation sites is 1. The first-order chi connectivity index (χ1) is 11.5. The second kappa shape index (κ2) is 6.81. The summed E-state index contributed by atoms with van der Waals surface area (Å²) in [6, 6.07) is 8.45. The van der Waals surface area contributed by atoms with Gasteiger partial charge in [0.25, 0.3) is 0 Å². The third-order valence-corrected chi connectivity index (χ3v) is 6.00. The van der Waals surface area contributed by atoms with Crippen LogP contribution in [0.25, 0.3) is 9.88 Å². The Morgan fingerprint density at radius 1 is 1.33 bits per heavy atom. The molecule has 3 rings (SSSR count). The highest BCUT2D eigenvalue weighted by Crippen LogP contribution is 2.41. The highest BCUT2D eigenvalue weighted by Gasteiger charge is 2.24. The number of carbonyl (C=O) groups is 1. The van der Waals surface area contributed by atoms with Crippen molar-refractivity contribution >= 4 is 51.3 Å². The molecule has 0 saturated heterocycles. The van der Waals surface area contributed by atoms with Crippen molar-refractivity contribution in [1.29, 1.82) is 0 Å². The lowest BCUT2D eigenvalue weighted by molar-refractivity contribution is 0.0703. The fourth-order valence-corrected chi connectivity index (χ4v) is 4.63. The van der Waals surface area contributed by atoms with E-state index in [-0.39, 0.29) is 10.6 Å². The Bertz CT molecular complexity index is 905. The molecular formula is C15H11N2O4S3-. The number of aromatic carboxylic acids is 1. The van der Waals surface area contributed by atoms with Crippen LogP contribution in [0, 0.1) is 6.92 Å². The highest BCUT2D eigenvalue weighted by molar-refractivity contribution is 7.81. The first kappa shape index (κ1) is 16.8. The Morgan fingerprint density at radius 3 is 2.67 bits per heavy atom. The molecule has 9 heteroatoms. The van der Waals surface area contributed by atoms with Crippen molar-refractivity contribution < 1.29 is 18.7 Å². The Labute approximate surface area is 148 Å². The van der Waals surface area contributed by atoms with E-state index < -0.39 is 17.2 Å². The smallest absolute Gasteiger partial charge is 0.348 e. The summed E-state index contributed by atoms with van der Waals surface area (Å²) in [5.41, 5.74) is 1.25. The standard InChI is InChI=1S/C15H12N2O4S3/c1-9-4-2-3-5-10(9)17(24(20)21)11-8-12(14-16-6-7-22-14)23-13(11)15(18)19/h2-8H,1H3,(H,18,19)(H,20,21)/p-1. The minimum absolute atomic E-state index is 0.0485. The molecule has 1 N–H and O–H groups in total. The average molecular weight is 379 g/mol. The van der Waals surface area contributed by atoms with Crippen LogP contribution in [0.2, 0.25) is 0 Å². The van der Waals surface area contributed by atoms with Gasteiger partial charge in [0.05, 0.1) is 27.5 Å². The summed E-state index contributed by atoms with van der Waals surface area (Å²) in [5.74, 6) is -1.18. The molecule has 2 aromatic heterocycles. The van der Waals surface area contributed by atoms with E-state index in [0.29, 0.717) is 15.6 Å². The van der Waals surface area contributed by atoms with Crippen LogP contribution in [0.15, 0.2) is 41.9 Å². The molecule has 1 aromatic carbocycles. The molecule has 0 amide bonds. The summed E-state index contributed by atoms with van der Waals surface area (Å²) in [5, 5.41) is 11.9. The van der Waals surface area contributed by atoms with Crippen LogP contribution >= 0.6 is 22.7 Å². The molecule has 1 atom stereocenters. The second-order valence-electron chi connectivity index (χ2n) is 4.77. The van der Waals surface area contributed by atoms with Crippen molar-refractivity contribution in [2.75, 3.05) is 4.31 Å². The third kappa shape index (κ3) is 3.11. The lowest BCUT2D eigenvalue weighted by Crippen LogP contribution is -2.21. The Morgan fingerprint density at radius 2 is 2.08 bits per heavy atom. The number of benzene rings is 1. The number of anilines is 2. The molecule has 0 fully saturated rings. The molecule has 0 spiro atoms. The number of thiazole rings is 1. The second-order valence-corrected chi connectivity index (χ2v) is 7.51. The van der Waals surface area contributed by atoms with Gasteiger partial charge in [0.1, 0.15) is 9.88 Å².